The van der Waals surface area contributed by atoms with Gasteiger partial charge in [0.1, 0.15) is 6.17 Å². The highest BCUT2D eigenvalue weighted by atomic mass is 79.9. The molecule has 0 fully saturated rings. The van der Waals surface area contributed by atoms with Crippen molar-refractivity contribution in [2.24, 2.45) is 0 Å². The van der Waals surface area contributed by atoms with Crippen LogP contribution in [0.1, 0.15) is 36.7 Å². The van der Waals surface area contributed by atoms with Crippen LogP contribution in [-0.4, -0.2) is 15.9 Å². The highest BCUT2D eigenvalue weighted by molar-refractivity contribution is 9.10. The number of hydrogen-bond acceptors (Lipinski definition) is 2. The molecule has 0 saturated heterocycles. The fourth-order valence-electron chi connectivity index (χ4n) is 2.25. The molecule has 2 N–H and O–H groups in total. The van der Waals surface area contributed by atoms with E-state index < -0.39 is 9.96 Å². The molecule has 0 unspecified atom stereocenters. The minimum Gasteiger partial charge on any atom is -0.362 e. The normalized spacial score (nSPS) is 13.2. The smallest absolute Gasteiger partial charge is 0.252 e. The molecule has 0 radical (unpaired) electrons. The van der Waals surface area contributed by atoms with Crippen LogP contribution < -0.4 is 10.6 Å². The van der Waals surface area contributed by atoms with Crippen molar-refractivity contribution in [2.75, 3.05) is 5.32 Å². The number of rotatable bonds is 4. The van der Waals surface area contributed by atoms with Crippen LogP contribution in [0.15, 0.2) is 53.0 Å². The second-order valence-corrected chi connectivity index (χ2v) is 10.2. The van der Waals surface area contributed by atoms with E-state index in [1.54, 1.807) is 12.1 Å². The summed E-state index contributed by atoms with van der Waals surface area (Å²) in [6.07, 6.45) is -0.900. The van der Waals surface area contributed by atoms with E-state index in [0.717, 1.165) is 10.0 Å². The Morgan fingerprint density at radius 1 is 0.962 bits per heavy atom. The summed E-state index contributed by atoms with van der Waals surface area (Å²) in [7, 11) is 0. The molecule has 0 heterocycles. The molecular formula is C19H20BrCl3N2O. The van der Waals surface area contributed by atoms with Crippen molar-refractivity contribution in [2.45, 2.75) is 36.1 Å². The third kappa shape index (κ3) is 6.05. The van der Waals surface area contributed by atoms with Crippen molar-refractivity contribution < 1.29 is 4.79 Å². The van der Waals surface area contributed by atoms with Crippen LogP contribution in [-0.2, 0) is 5.41 Å². The van der Waals surface area contributed by atoms with E-state index in [-0.39, 0.29) is 11.3 Å². The maximum Gasteiger partial charge on any atom is 0.252 e. The molecule has 0 aliphatic carbocycles. The Kier molecular flexibility index (Phi) is 6.89. The molecule has 2 rings (SSSR count). The summed E-state index contributed by atoms with van der Waals surface area (Å²) in [5, 5.41) is 5.77. The molecule has 0 aromatic heterocycles. The lowest BCUT2D eigenvalue weighted by atomic mass is 9.87. The first-order chi connectivity index (χ1) is 12.0. The Morgan fingerprint density at radius 3 is 1.96 bits per heavy atom. The Hall–Kier alpha value is -0.940. The first-order valence-electron chi connectivity index (χ1n) is 7.97. The first-order valence-corrected chi connectivity index (χ1v) is 9.90. The summed E-state index contributed by atoms with van der Waals surface area (Å²) in [5.74, 6) is -0.327. The number of alkyl halides is 3. The predicted molar refractivity (Wildman–Crippen MR) is 114 cm³/mol. The molecule has 0 aliphatic heterocycles. The standard InChI is InChI=1S/C19H20BrCl3N2O/c1-18(2,3)13-6-4-12(5-7-13)16(26)25-17(19(21,22)23)24-15-10-8-14(20)9-11-15/h4-11,17,24H,1-3H3,(H,25,26)/t17-/m1/s1. The average molecular weight is 479 g/mol. The Balaban J connectivity index is 2.15. The average Bonchev–Trinajstić information content (AvgIpc) is 2.54. The summed E-state index contributed by atoms with van der Waals surface area (Å²) in [5.41, 5.74) is 2.36. The molecule has 3 nitrogen and oxygen atoms in total. The molecule has 2 aromatic carbocycles. The van der Waals surface area contributed by atoms with Crippen LogP contribution in [0.2, 0.25) is 0 Å². The number of carbonyl (C=O) groups excluding carboxylic acids is 1. The topological polar surface area (TPSA) is 41.1 Å². The largest absolute Gasteiger partial charge is 0.362 e. The van der Waals surface area contributed by atoms with Crippen molar-refractivity contribution in [3.63, 3.8) is 0 Å². The Labute approximate surface area is 177 Å². The van der Waals surface area contributed by atoms with Gasteiger partial charge in [-0.25, -0.2) is 0 Å². The molecule has 7 heteroatoms. The lowest BCUT2D eigenvalue weighted by molar-refractivity contribution is 0.0942. The molecule has 0 bridgehead atoms. The van der Waals surface area contributed by atoms with Gasteiger partial charge in [0.05, 0.1) is 0 Å². The predicted octanol–water partition coefficient (Wildman–Crippen LogP) is 6.28. The van der Waals surface area contributed by atoms with Gasteiger partial charge in [0, 0.05) is 15.7 Å². The minimum atomic E-state index is -1.73. The first kappa shape index (κ1) is 21.4. The third-order valence-electron chi connectivity index (χ3n) is 3.77. The highest BCUT2D eigenvalue weighted by Gasteiger charge is 2.34. The van der Waals surface area contributed by atoms with Crippen LogP contribution in [0.5, 0.6) is 0 Å². The monoisotopic (exact) mass is 476 g/mol. The van der Waals surface area contributed by atoms with Gasteiger partial charge in [0.2, 0.25) is 3.79 Å². The molecule has 0 aliphatic rings. The minimum absolute atomic E-state index is 0.0122. The number of amides is 1. The van der Waals surface area contributed by atoms with Crippen LogP contribution in [0.25, 0.3) is 0 Å². The highest BCUT2D eigenvalue weighted by Crippen LogP contribution is 2.31. The zero-order chi connectivity index (χ0) is 19.5. The van der Waals surface area contributed by atoms with E-state index in [1.807, 2.05) is 36.4 Å². The van der Waals surface area contributed by atoms with Crippen molar-refractivity contribution >= 4 is 62.3 Å². The number of halogens is 4. The molecule has 26 heavy (non-hydrogen) atoms. The zero-order valence-electron chi connectivity index (χ0n) is 14.6. The van der Waals surface area contributed by atoms with E-state index in [4.69, 9.17) is 34.8 Å². The van der Waals surface area contributed by atoms with Gasteiger partial charge in [-0.15, -0.1) is 0 Å². The molecule has 1 amide bonds. The van der Waals surface area contributed by atoms with Crippen LogP contribution in [0.3, 0.4) is 0 Å². The quantitative estimate of drug-likeness (QED) is 0.401. The van der Waals surface area contributed by atoms with Gasteiger partial charge in [-0.05, 0) is 47.4 Å². The maximum absolute atomic E-state index is 12.6. The number of hydrogen-bond donors (Lipinski definition) is 2. The van der Waals surface area contributed by atoms with Crippen molar-refractivity contribution in [3.05, 3.63) is 64.1 Å². The fraction of sp³-hybridized carbons (Fsp3) is 0.316. The second-order valence-electron chi connectivity index (χ2n) is 6.93. The van der Waals surface area contributed by atoms with Gasteiger partial charge < -0.3 is 10.6 Å². The number of nitrogens with one attached hydrogen (secondary N) is 2. The summed E-state index contributed by atoms with van der Waals surface area (Å²) in [6.45, 7) is 6.34. The number of benzene rings is 2. The molecular weight excluding hydrogens is 458 g/mol. The molecule has 0 spiro atoms. The SMILES string of the molecule is CC(C)(C)c1ccc(C(=O)N[C@@H](Nc2ccc(Br)cc2)C(Cl)(Cl)Cl)cc1. The van der Waals surface area contributed by atoms with E-state index in [1.165, 1.54) is 0 Å². The van der Waals surface area contributed by atoms with Crippen LogP contribution in [0.4, 0.5) is 5.69 Å². The number of anilines is 1. The number of carbonyl (C=O) groups is 1. The molecule has 1 atom stereocenters. The van der Waals surface area contributed by atoms with Gasteiger partial charge in [-0.1, -0.05) is 83.6 Å². The lowest BCUT2D eigenvalue weighted by Gasteiger charge is -2.27. The summed E-state index contributed by atoms with van der Waals surface area (Å²) < 4.78 is -0.801. The van der Waals surface area contributed by atoms with Gasteiger partial charge in [0.25, 0.3) is 5.91 Å². The maximum atomic E-state index is 12.6. The Bertz CT molecular complexity index is 750. The lowest BCUT2D eigenvalue weighted by Crippen LogP contribution is -2.49. The van der Waals surface area contributed by atoms with Crippen molar-refractivity contribution in [1.29, 1.82) is 0 Å². The Morgan fingerprint density at radius 2 is 1.50 bits per heavy atom. The zero-order valence-corrected chi connectivity index (χ0v) is 18.5. The third-order valence-corrected chi connectivity index (χ3v) is 4.95. The molecule has 2 aromatic rings. The van der Waals surface area contributed by atoms with Gasteiger partial charge >= 0.3 is 0 Å². The summed E-state index contributed by atoms with van der Waals surface area (Å²) in [6, 6.07) is 14.7. The summed E-state index contributed by atoms with van der Waals surface area (Å²) in [4.78, 5) is 12.6. The van der Waals surface area contributed by atoms with E-state index in [2.05, 4.69) is 47.3 Å². The molecule has 140 valence electrons. The van der Waals surface area contributed by atoms with Gasteiger partial charge in [0.15, 0.2) is 0 Å². The fourth-order valence-corrected chi connectivity index (χ4v) is 2.84. The van der Waals surface area contributed by atoms with Crippen molar-refractivity contribution in [1.82, 2.24) is 5.32 Å². The molecule has 0 saturated carbocycles. The van der Waals surface area contributed by atoms with Crippen LogP contribution >= 0.6 is 50.7 Å². The van der Waals surface area contributed by atoms with Crippen molar-refractivity contribution in [3.8, 4) is 0 Å². The van der Waals surface area contributed by atoms with Gasteiger partial charge in [-0.3, -0.25) is 4.79 Å². The van der Waals surface area contributed by atoms with E-state index >= 15 is 0 Å². The summed E-state index contributed by atoms with van der Waals surface area (Å²) >= 11 is 21.5. The second kappa shape index (κ2) is 8.39. The van der Waals surface area contributed by atoms with E-state index in [9.17, 15) is 4.79 Å². The van der Waals surface area contributed by atoms with Gasteiger partial charge in [-0.2, -0.15) is 0 Å². The van der Waals surface area contributed by atoms with Crippen LogP contribution in [0, 0.1) is 0 Å². The van der Waals surface area contributed by atoms with E-state index in [0.29, 0.717) is 11.3 Å².